The summed E-state index contributed by atoms with van der Waals surface area (Å²) in [6.07, 6.45) is 4.03. The molecule has 0 spiro atoms. The van der Waals surface area contributed by atoms with Crippen LogP contribution in [0.5, 0.6) is 0 Å². The summed E-state index contributed by atoms with van der Waals surface area (Å²) in [5.41, 5.74) is 0. The van der Waals surface area contributed by atoms with E-state index in [-0.39, 0.29) is 0 Å². The second-order valence-corrected chi connectivity index (χ2v) is 6.05. The van der Waals surface area contributed by atoms with Crippen LogP contribution >= 0.6 is 0 Å². The second-order valence-electron chi connectivity index (χ2n) is 6.05. The average molecular weight is 226 g/mol. The number of nitrogens with one attached hydrogen (secondary N) is 1. The topological polar surface area (TPSA) is 15.3 Å². The summed E-state index contributed by atoms with van der Waals surface area (Å²) >= 11 is 0. The maximum Gasteiger partial charge on any atom is 0.0110 e. The minimum Gasteiger partial charge on any atom is -0.315 e. The van der Waals surface area contributed by atoms with Gasteiger partial charge in [-0.2, -0.15) is 0 Å². The Kier molecular flexibility index (Phi) is 6.37. The van der Waals surface area contributed by atoms with Crippen LogP contribution in [0.3, 0.4) is 0 Å². The molecule has 0 aromatic heterocycles. The third-order valence-corrected chi connectivity index (χ3v) is 3.38. The third-order valence-electron chi connectivity index (χ3n) is 3.38. The van der Waals surface area contributed by atoms with E-state index in [1.807, 2.05) is 0 Å². The zero-order chi connectivity index (χ0) is 12.0. The third kappa shape index (κ3) is 5.31. The molecule has 1 saturated heterocycles. The minimum absolute atomic E-state index is 0.805. The van der Waals surface area contributed by atoms with Crippen LogP contribution in [-0.2, 0) is 0 Å². The molecule has 0 radical (unpaired) electrons. The number of rotatable bonds is 5. The monoisotopic (exact) mass is 226 g/mol. The van der Waals surface area contributed by atoms with E-state index in [4.69, 9.17) is 0 Å². The van der Waals surface area contributed by atoms with Crippen LogP contribution in [0.4, 0.5) is 0 Å². The summed E-state index contributed by atoms with van der Waals surface area (Å²) in [6, 6.07) is 0.805. The van der Waals surface area contributed by atoms with Gasteiger partial charge in [0.2, 0.25) is 0 Å². The van der Waals surface area contributed by atoms with Crippen molar-refractivity contribution in [2.75, 3.05) is 26.2 Å². The normalized spacial score (nSPS) is 19.7. The summed E-state index contributed by atoms with van der Waals surface area (Å²) in [6.45, 7) is 14.3. The highest BCUT2D eigenvalue weighted by Gasteiger charge is 2.21. The van der Waals surface area contributed by atoms with Crippen molar-refractivity contribution in [3.63, 3.8) is 0 Å². The lowest BCUT2D eigenvalue weighted by molar-refractivity contribution is 0.161. The molecular weight excluding hydrogens is 196 g/mol. The molecule has 0 aromatic carbocycles. The van der Waals surface area contributed by atoms with E-state index in [9.17, 15) is 0 Å². The van der Waals surface area contributed by atoms with Crippen LogP contribution in [0.1, 0.15) is 47.0 Å². The van der Waals surface area contributed by atoms with Crippen LogP contribution in [-0.4, -0.2) is 37.1 Å². The van der Waals surface area contributed by atoms with Crippen LogP contribution in [0, 0.1) is 11.8 Å². The van der Waals surface area contributed by atoms with Crippen molar-refractivity contribution < 1.29 is 0 Å². The Morgan fingerprint density at radius 1 is 0.938 bits per heavy atom. The van der Waals surface area contributed by atoms with Crippen molar-refractivity contribution in [3.05, 3.63) is 0 Å². The van der Waals surface area contributed by atoms with Gasteiger partial charge >= 0.3 is 0 Å². The van der Waals surface area contributed by atoms with E-state index < -0.39 is 0 Å². The highest BCUT2D eigenvalue weighted by atomic mass is 15.2. The molecule has 0 aromatic rings. The molecule has 0 bridgehead atoms. The van der Waals surface area contributed by atoms with Gasteiger partial charge in [-0.05, 0) is 44.2 Å². The molecule has 0 atom stereocenters. The molecule has 0 unspecified atom stereocenters. The Morgan fingerprint density at radius 3 is 2.12 bits per heavy atom. The minimum atomic E-state index is 0.805. The Hall–Kier alpha value is -0.0800. The average Bonchev–Trinajstić information content (AvgIpc) is 2.42. The molecule has 0 amide bonds. The summed E-state index contributed by atoms with van der Waals surface area (Å²) in [4.78, 5) is 2.72. The van der Waals surface area contributed by atoms with Gasteiger partial charge in [0.25, 0.3) is 0 Å². The molecule has 1 rings (SSSR count). The molecule has 1 fully saturated rings. The Morgan fingerprint density at radius 2 is 1.56 bits per heavy atom. The number of hydrogen-bond acceptors (Lipinski definition) is 2. The first-order valence-corrected chi connectivity index (χ1v) is 7.04. The second kappa shape index (κ2) is 7.29. The molecule has 1 aliphatic rings. The molecule has 16 heavy (non-hydrogen) atoms. The van der Waals surface area contributed by atoms with Crippen molar-refractivity contribution in [1.82, 2.24) is 10.2 Å². The molecule has 1 aliphatic heterocycles. The van der Waals surface area contributed by atoms with Crippen LogP contribution < -0.4 is 5.32 Å². The fraction of sp³-hybridized carbons (Fsp3) is 1.00. The standard InChI is InChI=1S/C14H30N2/c1-12(2)10-14(11-13(3)4)16-8-5-6-15-7-9-16/h12-15H,5-11H2,1-4H3. The fourth-order valence-electron chi connectivity index (χ4n) is 2.71. The SMILES string of the molecule is CC(C)CC(CC(C)C)N1CCCNCC1. The van der Waals surface area contributed by atoms with Gasteiger partial charge < -0.3 is 5.32 Å². The van der Waals surface area contributed by atoms with Gasteiger partial charge in [0, 0.05) is 19.1 Å². The summed E-state index contributed by atoms with van der Waals surface area (Å²) in [5.74, 6) is 1.64. The Labute approximate surface area is 102 Å². The summed E-state index contributed by atoms with van der Waals surface area (Å²) in [7, 11) is 0. The van der Waals surface area contributed by atoms with E-state index in [0.717, 1.165) is 17.9 Å². The first kappa shape index (κ1) is 14.0. The zero-order valence-electron chi connectivity index (χ0n) is 11.6. The maximum absolute atomic E-state index is 3.50. The molecule has 1 heterocycles. The van der Waals surface area contributed by atoms with Crippen LogP contribution in [0.2, 0.25) is 0 Å². The van der Waals surface area contributed by atoms with E-state index >= 15 is 0 Å². The quantitative estimate of drug-likeness (QED) is 0.775. The zero-order valence-corrected chi connectivity index (χ0v) is 11.6. The number of nitrogens with zero attached hydrogens (tertiary/aromatic N) is 1. The molecule has 2 heteroatoms. The van der Waals surface area contributed by atoms with Gasteiger partial charge in [-0.25, -0.2) is 0 Å². The van der Waals surface area contributed by atoms with Crippen molar-refractivity contribution in [2.45, 2.75) is 53.0 Å². The van der Waals surface area contributed by atoms with Crippen molar-refractivity contribution in [3.8, 4) is 0 Å². The number of hydrogen-bond donors (Lipinski definition) is 1. The lowest BCUT2D eigenvalue weighted by atomic mass is 9.94. The van der Waals surface area contributed by atoms with Crippen molar-refractivity contribution in [1.29, 1.82) is 0 Å². The smallest absolute Gasteiger partial charge is 0.0110 e. The molecule has 0 saturated carbocycles. The summed E-state index contributed by atoms with van der Waals surface area (Å²) < 4.78 is 0. The molecule has 2 nitrogen and oxygen atoms in total. The van der Waals surface area contributed by atoms with E-state index in [2.05, 4.69) is 37.9 Å². The van der Waals surface area contributed by atoms with Gasteiger partial charge in [-0.3, -0.25) is 4.90 Å². The van der Waals surface area contributed by atoms with E-state index in [1.165, 1.54) is 45.4 Å². The predicted octanol–water partition coefficient (Wildman–Crippen LogP) is 2.74. The fourth-order valence-corrected chi connectivity index (χ4v) is 2.71. The van der Waals surface area contributed by atoms with Gasteiger partial charge in [-0.15, -0.1) is 0 Å². The van der Waals surface area contributed by atoms with Gasteiger partial charge in [0.1, 0.15) is 0 Å². The Balaban J connectivity index is 2.50. The summed E-state index contributed by atoms with van der Waals surface area (Å²) in [5, 5.41) is 3.50. The molecule has 1 N–H and O–H groups in total. The predicted molar refractivity (Wildman–Crippen MR) is 71.8 cm³/mol. The molecular formula is C14H30N2. The first-order valence-electron chi connectivity index (χ1n) is 7.04. The Bertz CT molecular complexity index is 160. The maximum atomic E-state index is 3.50. The lowest BCUT2D eigenvalue weighted by Crippen LogP contribution is -2.39. The van der Waals surface area contributed by atoms with Crippen molar-refractivity contribution >= 4 is 0 Å². The van der Waals surface area contributed by atoms with Gasteiger partial charge in [-0.1, -0.05) is 27.7 Å². The van der Waals surface area contributed by atoms with Gasteiger partial charge in [0.15, 0.2) is 0 Å². The largest absolute Gasteiger partial charge is 0.315 e. The van der Waals surface area contributed by atoms with Crippen LogP contribution in [0.25, 0.3) is 0 Å². The molecule has 96 valence electrons. The van der Waals surface area contributed by atoms with E-state index in [1.54, 1.807) is 0 Å². The van der Waals surface area contributed by atoms with Crippen LogP contribution in [0.15, 0.2) is 0 Å². The first-order chi connectivity index (χ1) is 7.59. The highest BCUT2D eigenvalue weighted by molar-refractivity contribution is 4.77. The van der Waals surface area contributed by atoms with Crippen molar-refractivity contribution in [2.24, 2.45) is 11.8 Å². The van der Waals surface area contributed by atoms with Gasteiger partial charge in [0.05, 0.1) is 0 Å². The molecule has 0 aliphatic carbocycles. The highest BCUT2D eigenvalue weighted by Crippen LogP contribution is 2.19. The lowest BCUT2D eigenvalue weighted by Gasteiger charge is -2.33. The van der Waals surface area contributed by atoms with E-state index in [0.29, 0.717) is 0 Å².